The normalized spacial score (nSPS) is 13.1. The molecule has 0 aliphatic heterocycles. The van der Waals surface area contributed by atoms with Gasteiger partial charge < -0.3 is 10.2 Å². The van der Waals surface area contributed by atoms with Gasteiger partial charge in [0.15, 0.2) is 0 Å². The van der Waals surface area contributed by atoms with Crippen LogP contribution in [-0.4, -0.2) is 33.2 Å². The zero-order valence-corrected chi connectivity index (χ0v) is 12.8. The number of carbonyl (C=O) groups is 1. The zero-order chi connectivity index (χ0) is 14.5. The number of amides is 2. The largest absolute Gasteiger partial charge is 0.340 e. The quantitative estimate of drug-likeness (QED) is 0.702. The molecule has 1 aliphatic carbocycles. The summed E-state index contributed by atoms with van der Waals surface area (Å²) in [6.07, 6.45) is 4.06. The van der Waals surface area contributed by atoms with Crippen molar-refractivity contribution in [1.82, 2.24) is 5.32 Å². The minimum absolute atomic E-state index is 0.213. The van der Waals surface area contributed by atoms with Crippen molar-refractivity contribution in [1.29, 1.82) is 5.26 Å². The summed E-state index contributed by atoms with van der Waals surface area (Å²) in [5.41, 5.74) is 1.80. The molecule has 0 unspecified atom stereocenters. The molecule has 2 amide bonds. The molecule has 5 nitrogen and oxygen atoms in total. The van der Waals surface area contributed by atoms with E-state index < -0.39 is 0 Å². The van der Waals surface area contributed by atoms with Crippen molar-refractivity contribution in [3.63, 3.8) is 0 Å². The molecular weight excluding hydrogens is 272 g/mol. The Balaban J connectivity index is 1.87. The number of anilines is 1. The van der Waals surface area contributed by atoms with Gasteiger partial charge in [0.05, 0.1) is 26.2 Å². The van der Waals surface area contributed by atoms with Crippen molar-refractivity contribution in [3.8, 4) is 6.07 Å². The third-order valence-corrected chi connectivity index (χ3v) is 4.61. The molecule has 2 rings (SSSR count). The van der Waals surface area contributed by atoms with Crippen molar-refractivity contribution in [2.45, 2.75) is 25.7 Å². The number of urea groups is 1. The van der Waals surface area contributed by atoms with E-state index in [1.807, 2.05) is 0 Å². The number of rotatable bonds is 5. The lowest BCUT2D eigenvalue weighted by Crippen LogP contribution is -3.05. The Morgan fingerprint density at radius 2 is 2.25 bits per heavy atom. The molecule has 3 N–H and O–H groups in total. The highest BCUT2D eigenvalue weighted by molar-refractivity contribution is 7.16. The van der Waals surface area contributed by atoms with Crippen LogP contribution in [-0.2, 0) is 12.8 Å². The van der Waals surface area contributed by atoms with Gasteiger partial charge in [-0.05, 0) is 24.8 Å². The summed E-state index contributed by atoms with van der Waals surface area (Å²) in [5.74, 6) is 0. The van der Waals surface area contributed by atoms with Crippen LogP contribution < -0.4 is 15.5 Å². The summed E-state index contributed by atoms with van der Waals surface area (Å²) in [4.78, 5) is 14.4. The molecule has 0 radical (unpaired) electrons. The fourth-order valence-corrected chi connectivity index (χ4v) is 3.64. The van der Waals surface area contributed by atoms with Crippen LogP contribution in [0.15, 0.2) is 0 Å². The van der Waals surface area contributed by atoms with E-state index in [4.69, 9.17) is 0 Å². The molecule has 108 valence electrons. The van der Waals surface area contributed by atoms with Crippen molar-refractivity contribution in [2.24, 2.45) is 0 Å². The second kappa shape index (κ2) is 6.73. The van der Waals surface area contributed by atoms with Crippen molar-refractivity contribution in [2.75, 3.05) is 32.5 Å². The number of carbonyl (C=O) groups excluding carboxylic acids is 1. The first-order valence-electron chi connectivity index (χ1n) is 7.00. The minimum atomic E-state index is -0.213. The number of thiophene rings is 1. The van der Waals surface area contributed by atoms with Crippen LogP contribution in [0.3, 0.4) is 0 Å². The number of aryl methyl sites for hydroxylation is 1. The Hall–Kier alpha value is -1.58. The van der Waals surface area contributed by atoms with Gasteiger partial charge in [-0.15, -0.1) is 11.3 Å². The number of nitrogens with zero attached hydrogens (tertiary/aromatic N) is 1. The average molecular weight is 293 g/mol. The van der Waals surface area contributed by atoms with Crippen LogP contribution in [0, 0.1) is 11.3 Å². The molecule has 20 heavy (non-hydrogen) atoms. The summed E-state index contributed by atoms with van der Waals surface area (Å²) in [6, 6.07) is 2.02. The Morgan fingerprint density at radius 1 is 1.45 bits per heavy atom. The molecule has 6 heteroatoms. The lowest BCUT2D eigenvalue weighted by molar-refractivity contribution is -0.858. The first-order chi connectivity index (χ1) is 9.61. The molecule has 0 saturated carbocycles. The van der Waals surface area contributed by atoms with Gasteiger partial charge in [-0.3, -0.25) is 5.32 Å². The molecule has 0 aromatic carbocycles. The zero-order valence-electron chi connectivity index (χ0n) is 12.0. The van der Waals surface area contributed by atoms with Gasteiger partial charge in [0, 0.05) is 17.8 Å². The van der Waals surface area contributed by atoms with Crippen molar-refractivity contribution < 1.29 is 9.69 Å². The van der Waals surface area contributed by atoms with Gasteiger partial charge in [0.1, 0.15) is 11.1 Å². The average Bonchev–Trinajstić information content (AvgIpc) is 2.94. The Kier molecular flexibility index (Phi) is 4.99. The molecule has 0 fully saturated rings. The van der Waals surface area contributed by atoms with Crippen LogP contribution in [0.4, 0.5) is 9.80 Å². The highest BCUT2D eigenvalue weighted by atomic mass is 32.1. The molecular formula is C14H21N4OS+. The van der Waals surface area contributed by atoms with E-state index in [1.165, 1.54) is 9.78 Å². The second-order valence-corrected chi connectivity index (χ2v) is 6.47. The number of quaternary nitrogens is 1. The van der Waals surface area contributed by atoms with Crippen LogP contribution in [0.1, 0.15) is 28.8 Å². The molecule has 0 spiro atoms. The SMILES string of the molecule is C[NH+](C)CCCNC(=O)Nc1sc2c(c1C#N)CCC2. The van der Waals surface area contributed by atoms with E-state index in [2.05, 4.69) is 30.8 Å². The Bertz CT molecular complexity index is 530. The Morgan fingerprint density at radius 3 is 2.95 bits per heavy atom. The van der Waals surface area contributed by atoms with E-state index in [0.29, 0.717) is 17.1 Å². The number of hydrogen-bond donors (Lipinski definition) is 3. The topological polar surface area (TPSA) is 69.4 Å². The molecule has 1 aromatic rings. The van der Waals surface area contributed by atoms with Gasteiger partial charge in [-0.25, -0.2) is 4.79 Å². The maximum Gasteiger partial charge on any atom is 0.319 e. The van der Waals surface area contributed by atoms with Crippen LogP contribution in [0.25, 0.3) is 0 Å². The first-order valence-corrected chi connectivity index (χ1v) is 7.82. The molecule has 1 heterocycles. The van der Waals surface area contributed by atoms with E-state index in [-0.39, 0.29) is 6.03 Å². The predicted octanol–water partition coefficient (Wildman–Crippen LogP) is 0.765. The third-order valence-electron chi connectivity index (χ3n) is 3.40. The van der Waals surface area contributed by atoms with Crippen LogP contribution in [0.5, 0.6) is 0 Å². The van der Waals surface area contributed by atoms with Gasteiger partial charge in [-0.1, -0.05) is 0 Å². The summed E-state index contributed by atoms with van der Waals surface area (Å²) in [5, 5.41) is 15.6. The van der Waals surface area contributed by atoms with E-state index >= 15 is 0 Å². The number of nitriles is 1. The van der Waals surface area contributed by atoms with Crippen molar-refractivity contribution in [3.05, 3.63) is 16.0 Å². The monoisotopic (exact) mass is 293 g/mol. The lowest BCUT2D eigenvalue weighted by atomic mass is 10.1. The van der Waals surface area contributed by atoms with Crippen molar-refractivity contribution >= 4 is 22.4 Å². The molecule has 0 bridgehead atoms. The molecule has 1 aromatic heterocycles. The van der Waals surface area contributed by atoms with E-state index in [0.717, 1.165) is 37.8 Å². The smallest absolute Gasteiger partial charge is 0.319 e. The van der Waals surface area contributed by atoms with Crippen LogP contribution >= 0.6 is 11.3 Å². The lowest BCUT2D eigenvalue weighted by Gasteiger charge is -2.08. The fourth-order valence-electron chi connectivity index (χ4n) is 2.40. The number of fused-ring (bicyclic) bond motifs is 1. The third kappa shape index (κ3) is 3.50. The summed E-state index contributed by atoms with van der Waals surface area (Å²) in [7, 11) is 4.18. The summed E-state index contributed by atoms with van der Waals surface area (Å²) in [6.45, 7) is 1.68. The predicted molar refractivity (Wildman–Crippen MR) is 80.4 cm³/mol. The minimum Gasteiger partial charge on any atom is -0.340 e. The van der Waals surface area contributed by atoms with Gasteiger partial charge in [-0.2, -0.15) is 5.26 Å². The van der Waals surface area contributed by atoms with Crippen LogP contribution in [0.2, 0.25) is 0 Å². The fraction of sp³-hybridized carbons (Fsp3) is 0.571. The molecule has 0 saturated heterocycles. The maximum atomic E-state index is 11.8. The van der Waals surface area contributed by atoms with Gasteiger partial charge >= 0.3 is 6.03 Å². The number of nitrogens with one attached hydrogen (secondary N) is 3. The van der Waals surface area contributed by atoms with Gasteiger partial charge in [0.2, 0.25) is 0 Å². The number of hydrogen-bond acceptors (Lipinski definition) is 3. The van der Waals surface area contributed by atoms with Gasteiger partial charge in [0.25, 0.3) is 0 Å². The van der Waals surface area contributed by atoms with E-state index in [9.17, 15) is 10.1 Å². The second-order valence-electron chi connectivity index (χ2n) is 5.36. The molecule has 0 atom stereocenters. The highest BCUT2D eigenvalue weighted by Gasteiger charge is 2.22. The molecule has 1 aliphatic rings. The summed E-state index contributed by atoms with van der Waals surface area (Å²) < 4.78 is 0. The summed E-state index contributed by atoms with van der Waals surface area (Å²) >= 11 is 1.55. The first kappa shape index (κ1) is 14.8. The van der Waals surface area contributed by atoms with E-state index in [1.54, 1.807) is 11.3 Å². The maximum absolute atomic E-state index is 11.8. The standard InChI is InChI=1S/C14H20N4OS/c1-18(2)8-4-7-16-14(19)17-13-11(9-15)10-5-3-6-12(10)20-13/h3-8H2,1-2H3,(H2,16,17,19)/p+1. The highest BCUT2D eigenvalue weighted by Crippen LogP contribution is 2.38. The Labute approximate surface area is 123 Å².